The highest BCUT2D eigenvalue weighted by Crippen LogP contribution is 2.30. The Balaban J connectivity index is 0.000000251. The van der Waals surface area contributed by atoms with E-state index in [0.29, 0.717) is 51.0 Å². The molecule has 0 radical (unpaired) electrons. The molecule has 3 heterocycles. The second-order valence-electron chi connectivity index (χ2n) is 30.7. The maximum Gasteiger partial charge on any atom is 0.241 e. The third-order valence-electron chi connectivity index (χ3n) is 16.2. The molecule has 1 unspecified atom stereocenters. The predicted octanol–water partition coefficient (Wildman–Crippen LogP) is 14.5. The highest BCUT2D eigenvalue weighted by Gasteiger charge is 2.34. The van der Waals surface area contributed by atoms with Crippen molar-refractivity contribution in [2.45, 2.75) is 178 Å². The third kappa shape index (κ3) is 27.9. The molecule has 0 spiro atoms. The first-order valence-corrected chi connectivity index (χ1v) is 33.3. The van der Waals surface area contributed by atoms with Crippen molar-refractivity contribution in [1.82, 2.24) is 19.6 Å². The number of morpholine rings is 1. The average Bonchev–Trinajstić information content (AvgIpc) is 1.03. The van der Waals surface area contributed by atoms with Gasteiger partial charge in [-0.3, -0.25) is 38.6 Å². The largest absolute Gasteiger partial charge is 0.379 e. The number of benzene rings is 5. The number of anilines is 5. The van der Waals surface area contributed by atoms with E-state index in [9.17, 15) is 33.2 Å². The first-order chi connectivity index (χ1) is 43.6. The minimum atomic E-state index is -0.364. The van der Waals surface area contributed by atoms with Crippen LogP contribution in [0.5, 0.6) is 0 Å². The van der Waals surface area contributed by atoms with Crippen molar-refractivity contribution in [3.63, 3.8) is 0 Å². The van der Waals surface area contributed by atoms with Gasteiger partial charge in [-0.05, 0) is 169 Å². The van der Waals surface area contributed by atoms with Crippen LogP contribution in [0.15, 0.2) is 115 Å². The fourth-order valence-electron chi connectivity index (χ4n) is 9.92. The van der Waals surface area contributed by atoms with Gasteiger partial charge in [0.15, 0.2) is 0 Å². The van der Waals surface area contributed by atoms with Crippen LogP contribution in [0.25, 0.3) is 0 Å². The predicted molar refractivity (Wildman–Crippen MR) is 385 cm³/mol. The molecule has 5 aromatic rings. The van der Waals surface area contributed by atoms with Crippen LogP contribution in [0.2, 0.25) is 0 Å². The van der Waals surface area contributed by atoms with Crippen molar-refractivity contribution < 1.29 is 37.9 Å². The molecule has 94 heavy (non-hydrogen) atoms. The average molecular weight is 1300 g/mol. The van der Waals surface area contributed by atoms with Crippen molar-refractivity contribution in [3.8, 4) is 0 Å². The van der Waals surface area contributed by atoms with E-state index in [1.54, 1.807) is 11.0 Å². The number of amides is 6. The summed E-state index contributed by atoms with van der Waals surface area (Å²) in [7, 11) is 3.76. The Morgan fingerprint density at radius 2 is 0.968 bits per heavy atom. The molecule has 0 bridgehead atoms. The minimum Gasteiger partial charge on any atom is -0.379 e. The molecule has 1 atom stereocenters. The van der Waals surface area contributed by atoms with Gasteiger partial charge < -0.3 is 41.1 Å². The molecule has 5 aromatic carbocycles. The zero-order chi connectivity index (χ0) is 70.5. The third-order valence-corrected chi connectivity index (χ3v) is 16.2. The number of carbonyl (C=O) groups is 6. The van der Waals surface area contributed by atoms with Crippen LogP contribution in [0.1, 0.15) is 178 Å². The summed E-state index contributed by atoms with van der Waals surface area (Å²) in [5, 5.41) is 14.6. The van der Waals surface area contributed by atoms with E-state index in [-0.39, 0.29) is 80.3 Å². The Kier molecular flexibility index (Phi) is 29.8. The number of nitrogens with zero attached hydrogens (tertiary/aromatic N) is 4. The Labute approximate surface area is 563 Å². The number of likely N-dealkylation sites (tertiary alicyclic amines) is 2. The standard InChI is InChI=1S/C16H21FN2O2.C16H24N2O2.C16H24N2O.C15H23NO.C14H22N2O/c1-10(20)19-8-11(9-19)15(21)18-14-6-12(16(2,3)4)5-13(17)7-14;1-16(2,3)13-5-4-6-14(11-13)17-15(19)12-18-7-9-20-10-8-18;1-12(2)14-7-6-8-15(11-14)17-16(19)13(3)18-9-4-5-10-18;1-14(2,3)11-8-7-9-12(10-11)16-13(17)15(4,5)6;1-14(2,3)11-7-6-8-12(9-11)15-13(17)10-16(4)5/h5-7,11H,8-9H2,1-4H3,(H,18,21);4-6,11H,7-10,12H2,1-3H3,(H,17,19);6-8,11-13H,4-5,9-10H2,1-3H3,(H,17,19);7-10H,1-6H3,(H,16,17);6-9H,10H2,1-5H3,(H,15,17). The summed E-state index contributed by atoms with van der Waals surface area (Å²) in [5.41, 5.74) is 9.47. The molecule has 0 aromatic heterocycles. The maximum absolute atomic E-state index is 13.7. The minimum absolute atomic E-state index is 0.0149. The molecule has 3 saturated heterocycles. The van der Waals surface area contributed by atoms with Gasteiger partial charge in [0.25, 0.3) is 0 Å². The van der Waals surface area contributed by atoms with Crippen molar-refractivity contribution >= 4 is 63.9 Å². The molecule has 17 heteroatoms. The maximum atomic E-state index is 13.7. The fraction of sp³-hybridized carbons (Fsp3) is 0.532. The smallest absolute Gasteiger partial charge is 0.241 e. The van der Waals surface area contributed by atoms with Gasteiger partial charge in [0, 0.05) is 67.0 Å². The molecule has 0 saturated carbocycles. The van der Waals surface area contributed by atoms with Gasteiger partial charge in [-0.2, -0.15) is 0 Å². The van der Waals surface area contributed by atoms with Gasteiger partial charge >= 0.3 is 0 Å². The lowest BCUT2D eigenvalue weighted by Gasteiger charge is -2.37. The van der Waals surface area contributed by atoms with Crippen LogP contribution in [0, 0.1) is 17.2 Å². The number of hydrogen-bond acceptors (Lipinski definition) is 10. The van der Waals surface area contributed by atoms with Gasteiger partial charge in [-0.15, -0.1) is 0 Å². The number of likely N-dealkylation sites (N-methyl/N-ethyl adjacent to an activating group) is 1. The molecular formula is C77H114FN9O7. The summed E-state index contributed by atoms with van der Waals surface area (Å²) in [6.45, 7) is 45.9. The quantitative estimate of drug-likeness (QED) is 0.0760. The normalized spacial score (nSPS) is 15.0. The van der Waals surface area contributed by atoms with Crippen LogP contribution < -0.4 is 26.6 Å². The number of ether oxygens (including phenoxy) is 1. The summed E-state index contributed by atoms with van der Waals surface area (Å²) < 4.78 is 18.9. The van der Waals surface area contributed by atoms with E-state index in [2.05, 4.69) is 149 Å². The van der Waals surface area contributed by atoms with Crippen LogP contribution in [0.4, 0.5) is 32.8 Å². The van der Waals surface area contributed by atoms with Crippen LogP contribution in [-0.2, 0) is 55.2 Å². The first-order valence-electron chi connectivity index (χ1n) is 33.3. The number of carbonyl (C=O) groups excluding carboxylic acids is 6. The molecule has 16 nitrogen and oxygen atoms in total. The SMILES string of the molecule is CC(=O)N1CC(C(=O)Nc2cc(F)cc(C(C)(C)C)c2)C1.CC(C)(C)C(=O)Nc1cccc(C(C)(C)C)c1.CC(C)(C)c1cccc(NC(=O)CN2CCOCC2)c1.CC(C)c1cccc(NC(=O)C(C)N2CCCC2)c1.CN(C)CC(=O)Nc1cccc(C(C)(C)C)c1. The van der Waals surface area contributed by atoms with Crippen molar-refractivity contribution in [2.75, 3.05) is 106 Å². The molecule has 516 valence electrons. The van der Waals surface area contributed by atoms with E-state index in [4.69, 9.17) is 4.74 Å². The van der Waals surface area contributed by atoms with Crippen molar-refractivity contribution in [2.24, 2.45) is 11.3 Å². The molecule has 3 aliphatic rings. The zero-order valence-corrected chi connectivity index (χ0v) is 60.7. The van der Waals surface area contributed by atoms with Crippen molar-refractivity contribution in [1.29, 1.82) is 0 Å². The van der Waals surface area contributed by atoms with E-state index < -0.39 is 0 Å². The molecule has 8 rings (SSSR count). The highest BCUT2D eigenvalue weighted by atomic mass is 19.1. The van der Waals surface area contributed by atoms with E-state index in [0.717, 1.165) is 54.5 Å². The van der Waals surface area contributed by atoms with Gasteiger partial charge in [0.1, 0.15) is 5.82 Å². The van der Waals surface area contributed by atoms with Gasteiger partial charge in [0.05, 0.1) is 38.3 Å². The number of hydrogen-bond donors (Lipinski definition) is 5. The fourth-order valence-corrected chi connectivity index (χ4v) is 9.92. The first kappa shape index (κ1) is 79.1. The number of rotatable bonds is 13. The second-order valence-corrected chi connectivity index (χ2v) is 30.7. The topological polar surface area (TPSA) is 185 Å². The summed E-state index contributed by atoms with van der Waals surface area (Å²) >= 11 is 0. The lowest BCUT2D eigenvalue weighted by Crippen LogP contribution is -2.53. The zero-order valence-electron chi connectivity index (χ0n) is 60.7. The summed E-state index contributed by atoms with van der Waals surface area (Å²) in [6.07, 6.45) is 2.42. The van der Waals surface area contributed by atoms with E-state index >= 15 is 0 Å². The Morgan fingerprint density at radius 3 is 1.40 bits per heavy atom. The Morgan fingerprint density at radius 1 is 0.532 bits per heavy atom. The van der Waals surface area contributed by atoms with Crippen molar-refractivity contribution in [3.05, 3.63) is 149 Å². The molecule has 6 amide bonds. The summed E-state index contributed by atoms with van der Waals surface area (Å²) in [5.74, 6) is -0.0945. The van der Waals surface area contributed by atoms with Crippen LogP contribution in [-0.4, -0.2) is 141 Å². The molecule has 3 aliphatic heterocycles. The van der Waals surface area contributed by atoms with Gasteiger partial charge in [-0.25, -0.2) is 4.39 Å². The van der Waals surface area contributed by atoms with Gasteiger partial charge in [0.2, 0.25) is 35.4 Å². The molecule has 3 fully saturated rings. The number of halogens is 1. The van der Waals surface area contributed by atoms with Gasteiger partial charge in [-0.1, -0.05) is 166 Å². The highest BCUT2D eigenvalue weighted by molar-refractivity contribution is 5.96. The lowest BCUT2D eigenvalue weighted by atomic mass is 9.86. The molecular weight excluding hydrogens is 1180 g/mol. The summed E-state index contributed by atoms with van der Waals surface area (Å²) in [4.78, 5) is 78.8. The summed E-state index contributed by atoms with van der Waals surface area (Å²) in [6, 6.07) is 36.8. The lowest BCUT2D eigenvalue weighted by molar-refractivity contribution is -0.139. The number of nitrogens with one attached hydrogen (secondary N) is 5. The molecule has 0 aliphatic carbocycles. The molecule has 5 N–H and O–H groups in total. The van der Waals surface area contributed by atoms with Crippen LogP contribution >= 0.6 is 0 Å². The van der Waals surface area contributed by atoms with Crippen LogP contribution in [0.3, 0.4) is 0 Å². The van der Waals surface area contributed by atoms with E-state index in [1.165, 1.54) is 54.2 Å². The van der Waals surface area contributed by atoms with E-state index in [1.807, 2.05) is 128 Å². The Bertz CT molecular complexity index is 3270. The Hall–Kier alpha value is -7.31. The monoisotopic (exact) mass is 1300 g/mol. The second kappa shape index (κ2) is 35.4.